The number of aryl methyl sites for hydroxylation is 1. The van der Waals surface area contributed by atoms with Crippen LogP contribution in [0.4, 0.5) is 0 Å². The highest BCUT2D eigenvalue weighted by atomic mass is 32.2. The fourth-order valence-corrected chi connectivity index (χ4v) is 4.37. The lowest BCUT2D eigenvalue weighted by atomic mass is 9.90. The van der Waals surface area contributed by atoms with Gasteiger partial charge in [-0.3, -0.25) is 4.98 Å². The third kappa shape index (κ3) is 4.27. The lowest BCUT2D eigenvalue weighted by Gasteiger charge is -2.18. The van der Waals surface area contributed by atoms with E-state index in [-0.39, 0.29) is 5.56 Å². The normalized spacial score (nSPS) is 12.8. The second kappa shape index (κ2) is 9.19. The SMILES string of the molecule is CSc1cc(-c2ccc(OCCc3nccc4c3CCCC4)cc2)oc(=O)c1C#N. The molecule has 0 radical (unpaired) electrons. The Hall–Kier alpha value is -3.04. The van der Waals surface area contributed by atoms with Crippen molar-refractivity contribution < 1.29 is 9.15 Å². The number of pyridine rings is 1. The molecule has 4 rings (SSSR count). The van der Waals surface area contributed by atoms with Crippen molar-refractivity contribution in [3.8, 4) is 23.1 Å². The maximum atomic E-state index is 12.0. The first-order chi connectivity index (χ1) is 14.7. The summed E-state index contributed by atoms with van der Waals surface area (Å²) >= 11 is 1.35. The average Bonchev–Trinajstić information content (AvgIpc) is 2.79. The van der Waals surface area contributed by atoms with Crippen LogP contribution in [0.15, 0.2) is 56.7 Å². The molecule has 1 aliphatic carbocycles. The smallest absolute Gasteiger partial charge is 0.355 e. The molecule has 0 fully saturated rings. The van der Waals surface area contributed by atoms with Crippen LogP contribution in [0.25, 0.3) is 11.3 Å². The Kier molecular flexibility index (Phi) is 6.20. The number of hydrogen-bond donors (Lipinski definition) is 0. The molecule has 6 heteroatoms. The Morgan fingerprint density at radius 3 is 2.77 bits per heavy atom. The lowest BCUT2D eigenvalue weighted by molar-refractivity contribution is 0.320. The molecule has 0 saturated carbocycles. The van der Waals surface area contributed by atoms with Gasteiger partial charge in [-0.1, -0.05) is 0 Å². The molecule has 30 heavy (non-hydrogen) atoms. The summed E-state index contributed by atoms with van der Waals surface area (Å²) in [6.07, 6.45) is 9.27. The van der Waals surface area contributed by atoms with Gasteiger partial charge in [-0.25, -0.2) is 4.79 Å². The number of fused-ring (bicyclic) bond motifs is 1. The fourth-order valence-electron chi connectivity index (χ4n) is 3.81. The molecule has 0 atom stereocenters. The zero-order valence-electron chi connectivity index (χ0n) is 16.8. The van der Waals surface area contributed by atoms with Crippen LogP contribution in [0.1, 0.15) is 35.2 Å². The van der Waals surface area contributed by atoms with Gasteiger partial charge in [0.15, 0.2) is 5.56 Å². The van der Waals surface area contributed by atoms with E-state index in [0.29, 0.717) is 17.3 Å². The summed E-state index contributed by atoms with van der Waals surface area (Å²) in [4.78, 5) is 17.2. The number of ether oxygens (including phenoxy) is 1. The summed E-state index contributed by atoms with van der Waals surface area (Å²) in [7, 11) is 0. The largest absolute Gasteiger partial charge is 0.493 e. The van der Waals surface area contributed by atoms with Crippen molar-refractivity contribution in [1.29, 1.82) is 5.26 Å². The molecule has 0 bridgehead atoms. The van der Waals surface area contributed by atoms with Crippen LogP contribution in [-0.2, 0) is 19.3 Å². The predicted octanol–water partition coefficient (Wildman–Crippen LogP) is 4.80. The van der Waals surface area contributed by atoms with Crippen molar-refractivity contribution in [2.75, 3.05) is 12.9 Å². The standard InChI is InChI=1S/C24H22N2O3S/c1-30-23-14-22(29-24(27)20(23)15-25)17-6-8-18(9-7-17)28-13-11-21-19-5-3-2-4-16(19)10-12-26-21/h6-10,12,14H,2-5,11,13H2,1H3. The number of aromatic nitrogens is 1. The zero-order chi connectivity index (χ0) is 20.9. The van der Waals surface area contributed by atoms with Crippen LogP contribution >= 0.6 is 11.8 Å². The molecule has 152 valence electrons. The summed E-state index contributed by atoms with van der Waals surface area (Å²) in [5.41, 5.74) is 4.18. The van der Waals surface area contributed by atoms with Crippen molar-refractivity contribution in [1.82, 2.24) is 4.98 Å². The summed E-state index contributed by atoms with van der Waals surface area (Å²) in [5, 5.41) is 9.11. The molecule has 1 aromatic carbocycles. The van der Waals surface area contributed by atoms with Crippen LogP contribution in [-0.4, -0.2) is 17.8 Å². The van der Waals surface area contributed by atoms with Gasteiger partial charge in [-0.2, -0.15) is 5.26 Å². The van der Waals surface area contributed by atoms with Crippen LogP contribution < -0.4 is 10.4 Å². The van der Waals surface area contributed by atoms with Gasteiger partial charge in [-0.05, 0) is 79.5 Å². The Labute approximate surface area is 179 Å². The minimum Gasteiger partial charge on any atom is -0.493 e. The number of benzene rings is 1. The molecule has 2 aromatic heterocycles. The quantitative estimate of drug-likeness (QED) is 0.536. The first-order valence-corrected chi connectivity index (χ1v) is 11.2. The van der Waals surface area contributed by atoms with Gasteiger partial charge in [0.05, 0.1) is 6.61 Å². The van der Waals surface area contributed by atoms with E-state index in [2.05, 4.69) is 11.1 Å². The number of nitriles is 1. The minimum atomic E-state index is -0.613. The maximum absolute atomic E-state index is 12.0. The summed E-state index contributed by atoms with van der Waals surface area (Å²) in [6, 6.07) is 13.2. The molecule has 1 aliphatic rings. The van der Waals surface area contributed by atoms with E-state index >= 15 is 0 Å². The predicted molar refractivity (Wildman–Crippen MR) is 117 cm³/mol. The molecule has 0 saturated heterocycles. The minimum absolute atomic E-state index is 0.0444. The van der Waals surface area contributed by atoms with Crippen LogP contribution in [0.3, 0.4) is 0 Å². The van der Waals surface area contributed by atoms with Crippen LogP contribution in [0.5, 0.6) is 5.75 Å². The Morgan fingerprint density at radius 2 is 2.00 bits per heavy atom. The molecule has 2 heterocycles. The highest BCUT2D eigenvalue weighted by Gasteiger charge is 2.14. The number of nitrogens with zero attached hydrogens (tertiary/aromatic N) is 2. The van der Waals surface area contributed by atoms with E-state index < -0.39 is 5.63 Å². The van der Waals surface area contributed by atoms with Crippen molar-refractivity contribution in [2.24, 2.45) is 0 Å². The summed E-state index contributed by atoms with van der Waals surface area (Å²) in [5.74, 6) is 1.19. The van der Waals surface area contributed by atoms with Gasteiger partial charge in [0.25, 0.3) is 0 Å². The third-order valence-electron chi connectivity index (χ3n) is 5.36. The van der Waals surface area contributed by atoms with Crippen molar-refractivity contribution in [3.63, 3.8) is 0 Å². The van der Waals surface area contributed by atoms with Gasteiger partial charge < -0.3 is 9.15 Å². The molecule has 0 N–H and O–H groups in total. The van der Waals surface area contributed by atoms with Crippen molar-refractivity contribution in [3.05, 3.63) is 75.4 Å². The van der Waals surface area contributed by atoms with Crippen molar-refractivity contribution in [2.45, 2.75) is 37.0 Å². The Bertz CT molecular complexity index is 1150. The van der Waals surface area contributed by atoms with Gasteiger partial charge in [0.1, 0.15) is 17.6 Å². The molecule has 0 spiro atoms. The summed E-state index contributed by atoms with van der Waals surface area (Å²) in [6.45, 7) is 0.561. The van der Waals surface area contributed by atoms with Crippen LogP contribution in [0, 0.1) is 11.3 Å². The monoisotopic (exact) mass is 418 g/mol. The van der Waals surface area contributed by atoms with E-state index in [0.717, 1.165) is 36.3 Å². The van der Waals surface area contributed by atoms with Gasteiger partial charge >= 0.3 is 5.63 Å². The first kappa shape index (κ1) is 20.2. The van der Waals surface area contributed by atoms with Gasteiger partial charge in [0.2, 0.25) is 0 Å². The molecule has 5 nitrogen and oxygen atoms in total. The van der Waals surface area contributed by atoms with E-state index in [1.165, 1.54) is 35.7 Å². The Balaban J connectivity index is 1.43. The molecule has 0 amide bonds. The van der Waals surface area contributed by atoms with E-state index in [4.69, 9.17) is 14.4 Å². The Morgan fingerprint density at radius 1 is 1.20 bits per heavy atom. The number of hydrogen-bond acceptors (Lipinski definition) is 6. The highest BCUT2D eigenvalue weighted by Crippen LogP contribution is 2.27. The highest BCUT2D eigenvalue weighted by molar-refractivity contribution is 7.98. The number of rotatable bonds is 6. The van der Waals surface area contributed by atoms with Gasteiger partial charge in [0, 0.05) is 28.8 Å². The zero-order valence-corrected chi connectivity index (χ0v) is 17.6. The van der Waals surface area contributed by atoms with Crippen molar-refractivity contribution >= 4 is 11.8 Å². The molecule has 3 aromatic rings. The lowest BCUT2D eigenvalue weighted by Crippen LogP contribution is -2.11. The second-order valence-corrected chi connectivity index (χ2v) is 8.03. The van der Waals surface area contributed by atoms with Crippen LogP contribution in [0.2, 0.25) is 0 Å². The molecule has 0 unspecified atom stereocenters. The molecular formula is C24H22N2O3S. The number of thioether (sulfide) groups is 1. The topological polar surface area (TPSA) is 76.1 Å². The van der Waals surface area contributed by atoms with Gasteiger partial charge in [-0.15, -0.1) is 11.8 Å². The van der Waals surface area contributed by atoms with E-state index in [9.17, 15) is 4.79 Å². The average molecular weight is 419 g/mol. The maximum Gasteiger partial charge on any atom is 0.355 e. The second-order valence-electron chi connectivity index (χ2n) is 7.18. The van der Waals surface area contributed by atoms with E-state index in [1.807, 2.05) is 42.8 Å². The summed E-state index contributed by atoms with van der Waals surface area (Å²) < 4.78 is 11.2. The molecular weight excluding hydrogens is 396 g/mol. The van der Waals surface area contributed by atoms with E-state index in [1.54, 1.807) is 6.07 Å². The fraction of sp³-hybridized carbons (Fsp3) is 0.292. The molecule has 0 aliphatic heterocycles. The first-order valence-electron chi connectivity index (χ1n) is 10.0. The third-order valence-corrected chi connectivity index (χ3v) is 6.12.